The fourth-order valence-electron chi connectivity index (χ4n) is 1.58. The third-order valence-electron chi connectivity index (χ3n) is 3.09. The maximum Gasteiger partial charge on any atom is 0.146 e. The summed E-state index contributed by atoms with van der Waals surface area (Å²) in [6.45, 7) is 5.76. The van der Waals surface area contributed by atoms with E-state index < -0.39 is 6.10 Å². The summed E-state index contributed by atoms with van der Waals surface area (Å²) in [5, 5.41) is 9.35. The number of hydrogen-bond acceptors (Lipinski definition) is 2. The van der Waals surface area contributed by atoms with Gasteiger partial charge in [0, 0.05) is 13.1 Å². The SMILES string of the molecule is CCC(C)N(C)c1ccc(C(C)O)cc1F. The zero-order chi connectivity index (χ0) is 12.3. The molecule has 1 aromatic rings. The summed E-state index contributed by atoms with van der Waals surface area (Å²) in [7, 11) is 1.88. The van der Waals surface area contributed by atoms with Gasteiger partial charge < -0.3 is 10.0 Å². The van der Waals surface area contributed by atoms with Crippen molar-refractivity contribution in [2.75, 3.05) is 11.9 Å². The molecule has 0 amide bonds. The Bertz CT molecular complexity index is 352. The molecule has 0 radical (unpaired) electrons. The highest BCUT2D eigenvalue weighted by molar-refractivity contribution is 5.49. The second kappa shape index (κ2) is 5.30. The number of nitrogens with zero attached hydrogens (tertiary/aromatic N) is 1. The van der Waals surface area contributed by atoms with Gasteiger partial charge in [-0.25, -0.2) is 4.39 Å². The van der Waals surface area contributed by atoms with E-state index in [1.807, 2.05) is 11.9 Å². The molecule has 0 aliphatic rings. The summed E-state index contributed by atoms with van der Waals surface area (Å²) in [5.41, 5.74) is 1.19. The molecule has 2 unspecified atom stereocenters. The summed E-state index contributed by atoms with van der Waals surface area (Å²) < 4.78 is 13.8. The molecular formula is C13H20FNO. The Hall–Kier alpha value is -1.09. The van der Waals surface area contributed by atoms with Gasteiger partial charge in [-0.15, -0.1) is 0 Å². The highest BCUT2D eigenvalue weighted by Crippen LogP contribution is 2.24. The van der Waals surface area contributed by atoms with Crippen LogP contribution in [0.5, 0.6) is 0 Å². The van der Waals surface area contributed by atoms with Gasteiger partial charge in [0.25, 0.3) is 0 Å². The highest BCUT2D eigenvalue weighted by Gasteiger charge is 2.13. The van der Waals surface area contributed by atoms with E-state index >= 15 is 0 Å². The zero-order valence-electron chi connectivity index (χ0n) is 10.4. The summed E-state index contributed by atoms with van der Waals surface area (Å²) in [6.07, 6.45) is 0.339. The van der Waals surface area contributed by atoms with E-state index in [0.717, 1.165) is 6.42 Å². The van der Waals surface area contributed by atoms with Crippen molar-refractivity contribution in [3.05, 3.63) is 29.6 Å². The van der Waals surface area contributed by atoms with E-state index in [4.69, 9.17) is 0 Å². The molecule has 1 aromatic carbocycles. The minimum absolute atomic E-state index is 0.277. The molecule has 2 nitrogen and oxygen atoms in total. The van der Waals surface area contributed by atoms with Crippen LogP contribution in [-0.2, 0) is 0 Å². The van der Waals surface area contributed by atoms with Crippen molar-refractivity contribution < 1.29 is 9.50 Å². The molecular weight excluding hydrogens is 205 g/mol. The molecule has 0 bridgehead atoms. The van der Waals surface area contributed by atoms with E-state index in [9.17, 15) is 9.50 Å². The van der Waals surface area contributed by atoms with Crippen molar-refractivity contribution in [3.8, 4) is 0 Å². The fourth-order valence-corrected chi connectivity index (χ4v) is 1.58. The topological polar surface area (TPSA) is 23.5 Å². The molecule has 90 valence electrons. The lowest BCUT2D eigenvalue weighted by atomic mass is 10.1. The minimum atomic E-state index is -0.627. The predicted octanol–water partition coefficient (Wildman–Crippen LogP) is 3.11. The lowest BCUT2D eigenvalue weighted by Crippen LogP contribution is -2.28. The largest absolute Gasteiger partial charge is 0.389 e. The number of halogens is 1. The van der Waals surface area contributed by atoms with E-state index in [-0.39, 0.29) is 5.82 Å². The Morgan fingerprint density at radius 3 is 2.44 bits per heavy atom. The van der Waals surface area contributed by atoms with Crippen molar-refractivity contribution in [2.24, 2.45) is 0 Å². The number of aliphatic hydroxyl groups is 1. The maximum atomic E-state index is 13.8. The van der Waals surface area contributed by atoms with E-state index in [2.05, 4.69) is 13.8 Å². The summed E-state index contributed by atoms with van der Waals surface area (Å²) in [4.78, 5) is 1.92. The molecule has 16 heavy (non-hydrogen) atoms. The smallest absolute Gasteiger partial charge is 0.146 e. The molecule has 0 aromatic heterocycles. The number of aliphatic hydroxyl groups excluding tert-OH is 1. The Morgan fingerprint density at radius 1 is 1.38 bits per heavy atom. The monoisotopic (exact) mass is 225 g/mol. The third-order valence-corrected chi connectivity index (χ3v) is 3.09. The lowest BCUT2D eigenvalue weighted by molar-refractivity contribution is 0.199. The molecule has 2 atom stereocenters. The Labute approximate surface area is 96.7 Å². The molecule has 3 heteroatoms. The zero-order valence-corrected chi connectivity index (χ0v) is 10.4. The first-order valence-electron chi connectivity index (χ1n) is 5.67. The standard InChI is InChI=1S/C13H20FNO/c1-5-9(2)15(4)13-7-6-11(10(3)16)8-12(13)14/h6-10,16H,5H2,1-4H3. The molecule has 0 saturated heterocycles. The number of anilines is 1. The van der Waals surface area contributed by atoms with Crippen LogP contribution in [0.1, 0.15) is 38.9 Å². The van der Waals surface area contributed by atoms with Crippen molar-refractivity contribution in [2.45, 2.75) is 39.3 Å². The quantitative estimate of drug-likeness (QED) is 0.851. The average Bonchev–Trinajstić information content (AvgIpc) is 2.26. The predicted molar refractivity (Wildman–Crippen MR) is 65.2 cm³/mol. The van der Waals surface area contributed by atoms with Crippen LogP contribution in [0.2, 0.25) is 0 Å². The number of rotatable bonds is 4. The second-order valence-corrected chi connectivity index (χ2v) is 4.25. The van der Waals surface area contributed by atoms with Gasteiger partial charge in [0.1, 0.15) is 5.82 Å². The first kappa shape index (κ1) is 13.0. The highest BCUT2D eigenvalue weighted by atomic mass is 19.1. The van der Waals surface area contributed by atoms with E-state index in [0.29, 0.717) is 17.3 Å². The van der Waals surface area contributed by atoms with Crippen molar-refractivity contribution in [3.63, 3.8) is 0 Å². The maximum absolute atomic E-state index is 13.8. The number of benzene rings is 1. The lowest BCUT2D eigenvalue weighted by Gasteiger charge is -2.26. The second-order valence-electron chi connectivity index (χ2n) is 4.25. The van der Waals surface area contributed by atoms with Gasteiger partial charge in [0.05, 0.1) is 11.8 Å². The van der Waals surface area contributed by atoms with Crippen molar-refractivity contribution in [1.82, 2.24) is 0 Å². The molecule has 0 fully saturated rings. The van der Waals surface area contributed by atoms with Crippen LogP contribution >= 0.6 is 0 Å². The normalized spacial score (nSPS) is 14.6. The van der Waals surface area contributed by atoms with Gasteiger partial charge in [-0.05, 0) is 38.0 Å². The van der Waals surface area contributed by atoms with Crippen LogP contribution in [0.4, 0.5) is 10.1 Å². The van der Waals surface area contributed by atoms with Gasteiger partial charge in [-0.2, -0.15) is 0 Å². The van der Waals surface area contributed by atoms with E-state index in [1.165, 1.54) is 6.07 Å². The Balaban J connectivity index is 2.99. The fraction of sp³-hybridized carbons (Fsp3) is 0.538. The minimum Gasteiger partial charge on any atom is -0.389 e. The van der Waals surface area contributed by atoms with Crippen molar-refractivity contribution in [1.29, 1.82) is 0 Å². The molecule has 0 saturated carbocycles. The van der Waals surface area contributed by atoms with Crippen LogP contribution in [0.25, 0.3) is 0 Å². The van der Waals surface area contributed by atoms with Crippen LogP contribution in [0, 0.1) is 5.82 Å². The summed E-state index contributed by atoms with van der Waals surface area (Å²) in [5.74, 6) is -0.277. The van der Waals surface area contributed by atoms with Crippen LogP contribution < -0.4 is 4.90 Å². The molecule has 0 spiro atoms. The van der Waals surface area contributed by atoms with Crippen LogP contribution in [0.3, 0.4) is 0 Å². The van der Waals surface area contributed by atoms with Gasteiger partial charge in [-0.3, -0.25) is 0 Å². The van der Waals surface area contributed by atoms with Gasteiger partial charge in [-0.1, -0.05) is 13.0 Å². The first-order valence-corrected chi connectivity index (χ1v) is 5.67. The molecule has 0 aliphatic heterocycles. The first-order chi connectivity index (χ1) is 7.47. The van der Waals surface area contributed by atoms with Crippen LogP contribution in [0.15, 0.2) is 18.2 Å². The molecule has 0 heterocycles. The molecule has 1 rings (SSSR count). The summed E-state index contributed by atoms with van der Waals surface area (Å²) >= 11 is 0. The Kier molecular flexibility index (Phi) is 4.30. The van der Waals surface area contributed by atoms with Gasteiger partial charge in [0.2, 0.25) is 0 Å². The number of hydrogen-bond donors (Lipinski definition) is 1. The van der Waals surface area contributed by atoms with E-state index in [1.54, 1.807) is 19.1 Å². The molecule has 1 N–H and O–H groups in total. The molecule has 0 aliphatic carbocycles. The van der Waals surface area contributed by atoms with Crippen molar-refractivity contribution >= 4 is 5.69 Å². The summed E-state index contributed by atoms with van der Waals surface area (Å²) in [6, 6.07) is 5.19. The average molecular weight is 225 g/mol. The third kappa shape index (κ3) is 2.73. The van der Waals surface area contributed by atoms with Gasteiger partial charge >= 0.3 is 0 Å². The van der Waals surface area contributed by atoms with Gasteiger partial charge in [0.15, 0.2) is 0 Å². The Morgan fingerprint density at radius 2 is 2.00 bits per heavy atom. The van der Waals surface area contributed by atoms with Crippen LogP contribution in [-0.4, -0.2) is 18.2 Å².